The molecule has 192 valence electrons. The van der Waals surface area contributed by atoms with Gasteiger partial charge in [-0.3, -0.25) is 9.74 Å². The normalized spacial score (nSPS) is 14.9. The summed E-state index contributed by atoms with van der Waals surface area (Å²) >= 11 is 5.82. The first-order chi connectivity index (χ1) is 16.4. The fourth-order valence-electron chi connectivity index (χ4n) is 2.77. The molecule has 2 aromatic carbocycles. The predicted octanol–water partition coefficient (Wildman–Crippen LogP) is 5.69. The molecule has 0 aliphatic carbocycles. The van der Waals surface area contributed by atoms with Crippen LogP contribution in [-0.4, -0.2) is 47.3 Å². The number of anilines is 2. The van der Waals surface area contributed by atoms with Gasteiger partial charge in [-0.15, -0.1) is 0 Å². The first-order valence-corrected chi connectivity index (χ1v) is 10.4. The van der Waals surface area contributed by atoms with Crippen molar-refractivity contribution in [1.82, 2.24) is 4.90 Å². The Morgan fingerprint density at radius 3 is 2.34 bits per heavy atom. The van der Waals surface area contributed by atoms with Crippen LogP contribution in [0.15, 0.2) is 30.3 Å². The highest BCUT2D eigenvalue weighted by atomic mass is 35.5. The van der Waals surface area contributed by atoms with Gasteiger partial charge in [0.25, 0.3) is 5.91 Å². The molecule has 1 fully saturated rings. The van der Waals surface area contributed by atoms with Gasteiger partial charge in [-0.05, 0) is 24.6 Å². The molecule has 14 heteroatoms. The van der Waals surface area contributed by atoms with Crippen LogP contribution < -0.4 is 15.6 Å². The molecule has 2 aromatic rings. The van der Waals surface area contributed by atoms with Gasteiger partial charge in [-0.2, -0.15) is 13.2 Å². The molecular weight excluding hydrogens is 508 g/mol. The van der Waals surface area contributed by atoms with Crippen molar-refractivity contribution >= 4 is 34.9 Å². The number of hydrogen-bond acceptors (Lipinski definition) is 4. The summed E-state index contributed by atoms with van der Waals surface area (Å²) in [5.41, 5.74) is -1.39. The van der Waals surface area contributed by atoms with Gasteiger partial charge in [-0.1, -0.05) is 24.6 Å². The largest absolute Gasteiger partial charge is 0.394 e. The van der Waals surface area contributed by atoms with Crippen molar-refractivity contribution < 1.29 is 46.1 Å². The molecule has 0 bridgehead atoms. The summed E-state index contributed by atoms with van der Waals surface area (Å²) in [5.74, 6) is -3.67. The van der Waals surface area contributed by atoms with E-state index in [-0.39, 0.29) is 23.4 Å². The Hall–Kier alpha value is -3.19. The molecule has 1 aliphatic heterocycles. The zero-order valence-electron chi connectivity index (χ0n) is 18.1. The van der Waals surface area contributed by atoms with Gasteiger partial charge in [0, 0.05) is 23.6 Å². The lowest BCUT2D eigenvalue weighted by Crippen LogP contribution is -2.54. The lowest BCUT2D eigenvalue weighted by molar-refractivity contribution is -0.130. The van der Waals surface area contributed by atoms with Gasteiger partial charge >= 0.3 is 12.2 Å². The smallest absolute Gasteiger partial charge is 0.388 e. The molecule has 1 heterocycles. The van der Waals surface area contributed by atoms with E-state index in [1.54, 1.807) is 0 Å². The maximum atomic E-state index is 14.4. The summed E-state index contributed by atoms with van der Waals surface area (Å²) in [6.45, 7) is 1.21. The number of alkyl halides is 3. The number of benzene rings is 2. The van der Waals surface area contributed by atoms with Crippen molar-refractivity contribution in [3.8, 4) is 5.75 Å². The van der Waals surface area contributed by atoms with E-state index < -0.39 is 53.2 Å². The second-order valence-corrected chi connectivity index (χ2v) is 7.58. The maximum Gasteiger partial charge on any atom is 0.388 e. The molecule has 3 rings (SSSR count). The number of nitrogens with one attached hydrogen (secondary N) is 2. The summed E-state index contributed by atoms with van der Waals surface area (Å²) in [6, 6.07) is 4.01. The zero-order chi connectivity index (χ0) is 26.3. The lowest BCUT2D eigenvalue weighted by Gasteiger charge is -2.39. The number of para-hydroxylation sites is 1. The molecule has 0 saturated carbocycles. The van der Waals surface area contributed by atoms with Crippen LogP contribution in [0.5, 0.6) is 5.75 Å². The Morgan fingerprint density at radius 1 is 1.20 bits per heavy atom. The fourth-order valence-corrected chi connectivity index (χ4v) is 2.98. The molecule has 3 amide bonds. The van der Waals surface area contributed by atoms with Crippen molar-refractivity contribution in [1.29, 1.82) is 0 Å². The Kier molecular flexibility index (Phi) is 9.60. The number of hydrogen-bond donors (Lipinski definition) is 3. The standard InChI is InChI=1S/C18H15ClF3N3O4.C3H5F3/c19-11-2-1-3-12(20)16(11)24-17(27)10-6-13(21)14(7-15(10)29-22)23-18(28)25-5-4-9(25)8-26;1-2-3(4,5)6/h1-3,6-7,9,26H,4-5,8H2,(H,23,28)(H,24,27);2H2,1H3. The molecule has 0 radical (unpaired) electrons. The van der Waals surface area contributed by atoms with E-state index in [2.05, 4.69) is 15.6 Å². The summed E-state index contributed by atoms with van der Waals surface area (Å²) in [6.07, 6.45) is -4.09. The van der Waals surface area contributed by atoms with Crippen LogP contribution in [0.3, 0.4) is 0 Å². The molecule has 7 nitrogen and oxygen atoms in total. The van der Waals surface area contributed by atoms with Crippen LogP contribution in [0, 0.1) is 11.6 Å². The number of rotatable bonds is 5. The topological polar surface area (TPSA) is 90.9 Å². The molecule has 1 saturated heterocycles. The van der Waals surface area contributed by atoms with E-state index in [9.17, 15) is 36.1 Å². The van der Waals surface area contributed by atoms with E-state index >= 15 is 0 Å². The Morgan fingerprint density at radius 2 is 1.86 bits per heavy atom. The van der Waals surface area contributed by atoms with Gasteiger partial charge in [0.1, 0.15) is 11.6 Å². The van der Waals surface area contributed by atoms with E-state index in [1.807, 2.05) is 0 Å². The first kappa shape index (κ1) is 28.1. The van der Waals surface area contributed by atoms with Gasteiger partial charge in [-0.25, -0.2) is 13.6 Å². The second kappa shape index (κ2) is 12.0. The number of amides is 3. The third-order valence-corrected chi connectivity index (χ3v) is 5.17. The number of aliphatic hydroxyl groups excluding tert-OH is 1. The molecule has 1 aliphatic rings. The number of carbonyl (C=O) groups excluding carboxylic acids is 2. The van der Waals surface area contributed by atoms with Crippen LogP contribution in [0.1, 0.15) is 30.1 Å². The Bertz CT molecular complexity index is 1050. The highest BCUT2D eigenvalue weighted by Crippen LogP contribution is 2.31. The molecule has 35 heavy (non-hydrogen) atoms. The highest BCUT2D eigenvalue weighted by molar-refractivity contribution is 6.34. The average molecular weight is 528 g/mol. The predicted molar refractivity (Wildman–Crippen MR) is 115 cm³/mol. The van der Waals surface area contributed by atoms with Crippen molar-refractivity contribution in [3.63, 3.8) is 0 Å². The maximum absolute atomic E-state index is 14.4. The SMILES string of the molecule is CCC(F)(F)F.O=C(Nc1c(F)cccc1Cl)c1cc(F)c(NC(=O)N2CCC2CO)cc1OF. The third-order valence-electron chi connectivity index (χ3n) is 4.86. The second-order valence-electron chi connectivity index (χ2n) is 7.17. The summed E-state index contributed by atoms with van der Waals surface area (Å²) in [7, 11) is 0. The van der Waals surface area contributed by atoms with Gasteiger partial charge in [0.2, 0.25) is 0 Å². The van der Waals surface area contributed by atoms with Gasteiger partial charge < -0.3 is 20.6 Å². The monoisotopic (exact) mass is 527 g/mol. The summed E-state index contributed by atoms with van der Waals surface area (Å²) in [5, 5.41) is 13.4. The van der Waals surface area contributed by atoms with E-state index in [0.29, 0.717) is 19.0 Å². The average Bonchev–Trinajstić information content (AvgIpc) is 2.76. The minimum absolute atomic E-state index is 0.113. The van der Waals surface area contributed by atoms with Crippen LogP contribution in [0.4, 0.5) is 42.6 Å². The van der Waals surface area contributed by atoms with Gasteiger partial charge in [0.05, 0.1) is 34.6 Å². The zero-order valence-corrected chi connectivity index (χ0v) is 18.8. The minimum Gasteiger partial charge on any atom is -0.394 e. The van der Waals surface area contributed by atoms with E-state index in [4.69, 9.17) is 16.7 Å². The van der Waals surface area contributed by atoms with Crippen LogP contribution >= 0.6 is 11.6 Å². The van der Waals surface area contributed by atoms with Crippen molar-refractivity contribution in [2.24, 2.45) is 0 Å². The summed E-state index contributed by atoms with van der Waals surface area (Å²) < 4.78 is 73.6. The quantitative estimate of drug-likeness (QED) is 0.436. The van der Waals surface area contributed by atoms with Gasteiger partial charge in [0.15, 0.2) is 5.75 Å². The van der Waals surface area contributed by atoms with Crippen molar-refractivity contribution in [2.75, 3.05) is 23.8 Å². The number of urea groups is 1. The lowest BCUT2D eigenvalue weighted by atomic mass is 10.1. The molecule has 0 aromatic heterocycles. The van der Waals surface area contributed by atoms with Crippen LogP contribution in [0.25, 0.3) is 0 Å². The third kappa shape index (κ3) is 7.39. The van der Waals surface area contributed by atoms with E-state index in [0.717, 1.165) is 19.1 Å². The minimum atomic E-state index is -3.96. The number of aliphatic hydroxyl groups is 1. The number of halogens is 7. The number of carbonyl (C=O) groups is 2. The molecule has 1 atom stereocenters. The molecule has 1 unspecified atom stereocenters. The molecule has 3 N–H and O–H groups in total. The fraction of sp³-hybridized carbons (Fsp3) is 0.333. The number of nitrogens with zero attached hydrogens (tertiary/aromatic N) is 1. The van der Waals surface area contributed by atoms with E-state index in [1.165, 1.54) is 17.0 Å². The Balaban J connectivity index is 0.000000641. The molecular formula is C21H20ClF6N3O4. The first-order valence-electron chi connectivity index (χ1n) is 10.0. The van der Waals surface area contributed by atoms with Crippen LogP contribution in [0.2, 0.25) is 5.02 Å². The Labute approximate surface area is 200 Å². The summed E-state index contributed by atoms with van der Waals surface area (Å²) in [4.78, 5) is 29.4. The van der Waals surface area contributed by atoms with Crippen molar-refractivity contribution in [2.45, 2.75) is 32.0 Å². The molecule has 0 spiro atoms. The van der Waals surface area contributed by atoms with Crippen molar-refractivity contribution in [3.05, 3.63) is 52.6 Å². The highest BCUT2D eigenvalue weighted by Gasteiger charge is 2.32. The van der Waals surface area contributed by atoms with Crippen LogP contribution in [-0.2, 0) is 0 Å². The number of likely N-dealkylation sites (tertiary alicyclic amines) is 1.